The van der Waals surface area contributed by atoms with Crippen LogP contribution < -0.4 is 9.47 Å². The lowest BCUT2D eigenvalue weighted by Crippen LogP contribution is -2.10. The van der Waals surface area contributed by atoms with Crippen molar-refractivity contribution in [1.29, 1.82) is 0 Å². The van der Waals surface area contributed by atoms with Gasteiger partial charge in [0.25, 0.3) is 0 Å². The van der Waals surface area contributed by atoms with Gasteiger partial charge in [0.05, 0.1) is 17.2 Å². The van der Waals surface area contributed by atoms with Gasteiger partial charge in [0.2, 0.25) is 5.90 Å². The summed E-state index contributed by atoms with van der Waals surface area (Å²) in [5.74, 6) is -0.299. The molecule has 4 rings (SSSR count). The minimum Gasteiger partial charge on any atom is -0.490 e. The Morgan fingerprint density at radius 1 is 1.06 bits per heavy atom. The lowest BCUT2D eigenvalue weighted by molar-refractivity contribution is -0.129. The highest BCUT2D eigenvalue weighted by Crippen LogP contribution is 2.31. The molecule has 0 saturated heterocycles. The number of hydrogen-bond donors (Lipinski definition) is 0. The van der Waals surface area contributed by atoms with Crippen LogP contribution in [-0.4, -0.2) is 24.4 Å². The van der Waals surface area contributed by atoms with Crippen molar-refractivity contribution >= 4 is 35.5 Å². The lowest BCUT2D eigenvalue weighted by Gasteiger charge is -2.12. The van der Waals surface area contributed by atoms with Crippen LogP contribution in [0.3, 0.4) is 0 Å². The van der Waals surface area contributed by atoms with E-state index in [-0.39, 0.29) is 22.9 Å². The van der Waals surface area contributed by atoms with E-state index in [1.165, 1.54) is 0 Å². The van der Waals surface area contributed by atoms with Gasteiger partial charge in [0.1, 0.15) is 0 Å². The summed E-state index contributed by atoms with van der Waals surface area (Å²) in [5.41, 5.74) is 2.81. The normalized spacial score (nSPS) is 14.1. The molecule has 0 bridgehead atoms. The summed E-state index contributed by atoms with van der Waals surface area (Å²) in [6, 6.07) is 19.1. The highest BCUT2D eigenvalue weighted by Gasteiger charge is 2.24. The SMILES string of the molecule is CCOc1cc(/C=C2/N=C(c3cccc(C)c3)OC2=O)ccc1OC(=O)c1ccccc1Cl. The number of aliphatic imine (C=N–C) groups is 1. The van der Waals surface area contributed by atoms with E-state index in [1.807, 2.05) is 38.1 Å². The maximum atomic E-state index is 12.5. The van der Waals surface area contributed by atoms with E-state index in [1.54, 1.807) is 48.5 Å². The molecule has 33 heavy (non-hydrogen) atoms. The van der Waals surface area contributed by atoms with Crippen LogP contribution in [0.2, 0.25) is 5.02 Å². The zero-order valence-corrected chi connectivity index (χ0v) is 18.8. The van der Waals surface area contributed by atoms with Crippen LogP contribution in [0.1, 0.15) is 34.0 Å². The van der Waals surface area contributed by atoms with Gasteiger partial charge >= 0.3 is 11.9 Å². The Hall–Kier alpha value is -3.90. The lowest BCUT2D eigenvalue weighted by atomic mass is 10.1. The highest BCUT2D eigenvalue weighted by molar-refractivity contribution is 6.33. The molecule has 0 unspecified atom stereocenters. The molecule has 3 aromatic carbocycles. The summed E-state index contributed by atoms with van der Waals surface area (Å²) in [6.45, 7) is 4.12. The monoisotopic (exact) mass is 461 g/mol. The number of aryl methyl sites for hydroxylation is 1. The molecule has 0 amide bonds. The molecule has 7 heteroatoms. The van der Waals surface area contributed by atoms with Crippen molar-refractivity contribution in [3.8, 4) is 11.5 Å². The minimum atomic E-state index is -0.598. The highest BCUT2D eigenvalue weighted by atomic mass is 35.5. The summed E-state index contributed by atoms with van der Waals surface area (Å²) in [5, 5.41) is 0.295. The second-order valence-electron chi connectivity index (χ2n) is 7.21. The molecule has 0 atom stereocenters. The van der Waals surface area contributed by atoms with E-state index in [9.17, 15) is 9.59 Å². The summed E-state index contributed by atoms with van der Waals surface area (Å²) in [4.78, 5) is 29.2. The molecule has 166 valence electrons. The first kappa shape index (κ1) is 22.3. The Labute approximate surface area is 196 Å². The first-order valence-corrected chi connectivity index (χ1v) is 10.7. The number of carbonyl (C=O) groups excluding carboxylic acids is 2. The van der Waals surface area contributed by atoms with Crippen molar-refractivity contribution in [2.45, 2.75) is 13.8 Å². The molecule has 0 radical (unpaired) electrons. The van der Waals surface area contributed by atoms with Crippen LogP contribution in [0.5, 0.6) is 11.5 Å². The third-order valence-electron chi connectivity index (χ3n) is 4.75. The number of nitrogens with zero attached hydrogens (tertiary/aromatic N) is 1. The number of cyclic esters (lactones) is 1. The fourth-order valence-electron chi connectivity index (χ4n) is 3.22. The van der Waals surface area contributed by atoms with Crippen molar-refractivity contribution in [2.75, 3.05) is 6.61 Å². The van der Waals surface area contributed by atoms with Gasteiger partial charge in [-0.3, -0.25) is 0 Å². The standard InChI is InChI=1S/C26H20ClNO5/c1-3-31-23-15-17(11-12-22(23)32-25(29)19-9-4-5-10-20(19)27)14-21-26(30)33-24(28-21)18-8-6-7-16(2)13-18/h4-15H,3H2,1-2H3/b21-14+. The van der Waals surface area contributed by atoms with Gasteiger partial charge in [0.15, 0.2) is 17.2 Å². The van der Waals surface area contributed by atoms with Crippen LogP contribution in [-0.2, 0) is 9.53 Å². The summed E-state index contributed by atoms with van der Waals surface area (Å²) in [7, 11) is 0. The van der Waals surface area contributed by atoms with E-state index in [2.05, 4.69) is 4.99 Å². The Bertz CT molecular complexity index is 1300. The van der Waals surface area contributed by atoms with E-state index < -0.39 is 11.9 Å². The fourth-order valence-corrected chi connectivity index (χ4v) is 3.43. The smallest absolute Gasteiger partial charge is 0.363 e. The number of hydrogen-bond acceptors (Lipinski definition) is 6. The minimum absolute atomic E-state index is 0.162. The summed E-state index contributed by atoms with van der Waals surface area (Å²) in [6.07, 6.45) is 1.59. The Morgan fingerprint density at radius 3 is 2.64 bits per heavy atom. The Kier molecular flexibility index (Phi) is 6.56. The van der Waals surface area contributed by atoms with Crippen LogP contribution >= 0.6 is 11.6 Å². The second-order valence-corrected chi connectivity index (χ2v) is 7.62. The van der Waals surface area contributed by atoms with Crippen molar-refractivity contribution in [3.63, 3.8) is 0 Å². The van der Waals surface area contributed by atoms with E-state index in [0.29, 0.717) is 22.9 Å². The first-order valence-electron chi connectivity index (χ1n) is 10.3. The van der Waals surface area contributed by atoms with Crippen LogP contribution in [0, 0.1) is 6.92 Å². The summed E-state index contributed by atoms with van der Waals surface area (Å²) < 4.78 is 16.5. The van der Waals surface area contributed by atoms with Crippen molar-refractivity contribution in [3.05, 3.63) is 99.7 Å². The van der Waals surface area contributed by atoms with Gasteiger partial charge < -0.3 is 14.2 Å². The van der Waals surface area contributed by atoms with Crippen LogP contribution in [0.4, 0.5) is 0 Å². The average molecular weight is 462 g/mol. The van der Waals surface area contributed by atoms with Crippen LogP contribution in [0.25, 0.3) is 6.08 Å². The molecule has 1 aliphatic heterocycles. The largest absolute Gasteiger partial charge is 0.490 e. The second kappa shape index (κ2) is 9.71. The topological polar surface area (TPSA) is 74.2 Å². The molecule has 0 aliphatic carbocycles. The number of esters is 2. The van der Waals surface area contributed by atoms with Gasteiger partial charge in [0, 0.05) is 5.56 Å². The Balaban J connectivity index is 1.61. The van der Waals surface area contributed by atoms with Gasteiger partial charge in [-0.2, -0.15) is 0 Å². The van der Waals surface area contributed by atoms with Gasteiger partial charge in [-0.05, 0) is 61.9 Å². The summed E-state index contributed by atoms with van der Waals surface area (Å²) >= 11 is 6.09. The zero-order valence-electron chi connectivity index (χ0n) is 18.0. The number of rotatable bonds is 6. The molecule has 0 spiro atoms. The third-order valence-corrected chi connectivity index (χ3v) is 5.08. The van der Waals surface area contributed by atoms with E-state index in [4.69, 9.17) is 25.8 Å². The van der Waals surface area contributed by atoms with Crippen LogP contribution in [0.15, 0.2) is 77.4 Å². The van der Waals surface area contributed by atoms with E-state index >= 15 is 0 Å². The van der Waals surface area contributed by atoms with Crippen molar-refractivity contribution in [2.24, 2.45) is 4.99 Å². The van der Waals surface area contributed by atoms with Crippen molar-refractivity contribution in [1.82, 2.24) is 0 Å². The molecule has 0 saturated carbocycles. The average Bonchev–Trinajstić information content (AvgIpc) is 3.16. The molecule has 1 aliphatic rings. The quantitative estimate of drug-likeness (QED) is 0.271. The fraction of sp³-hybridized carbons (Fsp3) is 0.115. The maximum Gasteiger partial charge on any atom is 0.363 e. The molecular formula is C26H20ClNO5. The third kappa shape index (κ3) is 5.13. The number of ether oxygens (including phenoxy) is 3. The van der Waals surface area contributed by atoms with Gasteiger partial charge in [-0.25, -0.2) is 14.6 Å². The molecule has 0 fully saturated rings. The van der Waals surface area contributed by atoms with E-state index in [0.717, 1.165) is 11.1 Å². The molecule has 0 N–H and O–H groups in total. The molecule has 6 nitrogen and oxygen atoms in total. The van der Waals surface area contributed by atoms with Gasteiger partial charge in [-0.15, -0.1) is 0 Å². The predicted octanol–water partition coefficient (Wildman–Crippen LogP) is 5.61. The molecular weight excluding hydrogens is 442 g/mol. The number of benzene rings is 3. The zero-order chi connectivity index (χ0) is 23.4. The first-order chi connectivity index (χ1) is 15.9. The molecule has 1 heterocycles. The van der Waals surface area contributed by atoms with Crippen molar-refractivity contribution < 1.29 is 23.8 Å². The van der Waals surface area contributed by atoms with Gasteiger partial charge in [-0.1, -0.05) is 47.5 Å². The predicted molar refractivity (Wildman–Crippen MR) is 126 cm³/mol. The Morgan fingerprint density at radius 2 is 1.88 bits per heavy atom. The molecule has 3 aromatic rings. The number of halogens is 1. The molecule has 0 aromatic heterocycles. The number of carbonyl (C=O) groups is 2. The maximum absolute atomic E-state index is 12.5.